The van der Waals surface area contributed by atoms with Gasteiger partial charge in [0.2, 0.25) is 0 Å². The summed E-state index contributed by atoms with van der Waals surface area (Å²) in [7, 11) is 0. The average molecular weight is 466 g/mol. The van der Waals surface area contributed by atoms with Crippen LogP contribution >= 0.6 is 24.8 Å². The molecule has 0 radical (unpaired) electrons. The predicted molar refractivity (Wildman–Crippen MR) is 85.7 cm³/mol. The van der Waals surface area contributed by atoms with Gasteiger partial charge >= 0.3 is 117 Å². The van der Waals surface area contributed by atoms with Gasteiger partial charge in [0, 0.05) is 0 Å². The van der Waals surface area contributed by atoms with Crippen LogP contribution in [0.25, 0.3) is 0 Å². The summed E-state index contributed by atoms with van der Waals surface area (Å²) in [6.45, 7) is 9.33. The number of rotatable bonds is 4. The van der Waals surface area contributed by atoms with Crippen molar-refractivity contribution >= 4 is 24.8 Å². The smallest absolute Gasteiger partial charge is 0.147 e. The van der Waals surface area contributed by atoms with E-state index in [1.54, 1.807) is 11.1 Å². The Kier molecular flexibility index (Phi) is 8.83. The fourth-order valence-electron chi connectivity index (χ4n) is 2.55. The van der Waals surface area contributed by atoms with Crippen LogP contribution in [-0.2, 0) is 22.9 Å². The monoisotopic (exact) mass is 466 g/mol. The summed E-state index contributed by atoms with van der Waals surface area (Å²) in [5.41, 5.74) is 3.33. The molecule has 0 aromatic rings. The molecule has 0 fully saturated rings. The molecule has 19 heavy (non-hydrogen) atoms. The van der Waals surface area contributed by atoms with Crippen molar-refractivity contribution in [3.63, 3.8) is 0 Å². The van der Waals surface area contributed by atoms with Crippen LogP contribution in [0, 0.1) is 11.8 Å². The topological polar surface area (TPSA) is 0 Å². The molecule has 106 valence electrons. The van der Waals surface area contributed by atoms with Gasteiger partial charge in [0.1, 0.15) is 0 Å². The van der Waals surface area contributed by atoms with Crippen LogP contribution in [0.4, 0.5) is 0 Å². The van der Waals surface area contributed by atoms with Crippen molar-refractivity contribution in [3.8, 4) is 0 Å². The van der Waals surface area contributed by atoms with E-state index in [9.17, 15) is 0 Å². The second kappa shape index (κ2) is 8.64. The molecule has 2 rings (SSSR count). The Morgan fingerprint density at radius 1 is 0.789 bits per heavy atom. The van der Waals surface area contributed by atoms with Crippen LogP contribution in [0.2, 0.25) is 0 Å². The van der Waals surface area contributed by atoms with Gasteiger partial charge in [-0.05, 0) is 0 Å². The first-order valence-electron chi connectivity index (χ1n) is 6.65. The Hall–Kier alpha value is 0.410. The molecule has 0 aromatic carbocycles. The second-order valence-electron chi connectivity index (χ2n) is 5.52. The summed E-state index contributed by atoms with van der Waals surface area (Å²) < 4.78 is 3.69. The molecule has 0 atom stereocenters. The number of hydrogen-bond donors (Lipinski definition) is 0. The van der Waals surface area contributed by atoms with Crippen LogP contribution < -0.4 is 0 Å². The van der Waals surface area contributed by atoms with Gasteiger partial charge in [-0.1, -0.05) is 0 Å². The molecule has 2 aliphatic carbocycles. The summed E-state index contributed by atoms with van der Waals surface area (Å²) in [6, 6.07) is 0. The molecule has 0 bridgehead atoms. The molecule has 0 amide bonds. The Labute approximate surface area is 141 Å². The Bertz CT molecular complexity index is 386. The van der Waals surface area contributed by atoms with Crippen molar-refractivity contribution in [2.45, 2.75) is 40.5 Å². The quantitative estimate of drug-likeness (QED) is 0.471. The Morgan fingerprint density at radius 2 is 1.16 bits per heavy atom. The number of allylic oxidation sites excluding steroid dienone is 8. The second-order valence-corrected chi connectivity index (χ2v) is 10.8. The first-order chi connectivity index (χ1) is 8.09. The minimum atomic E-state index is -0.733. The zero-order chi connectivity index (χ0) is 12.4. The van der Waals surface area contributed by atoms with Gasteiger partial charge in [-0.15, -0.1) is 24.8 Å². The average Bonchev–Trinajstić information content (AvgIpc) is 2.86. The molecule has 0 nitrogen and oxygen atoms in total. The molecular weight excluding hydrogens is 442 g/mol. The number of hydrogen-bond acceptors (Lipinski definition) is 0. The first kappa shape index (κ1) is 19.4. The van der Waals surface area contributed by atoms with Gasteiger partial charge in [0.25, 0.3) is 0 Å². The van der Waals surface area contributed by atoms with E-state index in [0.717, 1.165) is 0 Å². The van der Waals surface area contributed by atoms with E-state index in [-0.39, 0.29) is 24.8 Å². The summed E-state index contributed by atoms with van der Waals surface area (Å²) in [6.07, 6.45) is 12.0. The fraction of sp³-hybridized carbons (Fsp3) is 0.500. The third-order valence-electron chi connectivity index (χ3n) is 3.48. The van der Waals surface area contributed by atoms with Crippen LogP contribution in [0.1, 0.15) is 40.5 Å². The van der Waals surface area contributed by atoms with E-state index in [2.05, 4.69) is 52.0 Å². The van der Waals surface area contributed by atoms with Gasteiger partial charge in [0.05, 0.1) is 0 Å². The molecule has 0 aliphatic heterocycles. The third kappa shape index (κ3) is 4.72. The summed E-state index contributed by atoms with van der Waals surface area (Å²) in [5, 5.41) is 0. The Balaban J connectivity index is 0.00000162. The summed E-state index contributed by atoms with van der Waals surface area (Å²) >= 11 is -0.733. The number of halogens is 2. The summed E-state index contributed by atoms with van der Waals surface area (Å²) in [5.74, 6) is 1.43. The van der Waals surface area contributed by atoms with Crippen LogP contribution in [0.3, 0.4) is 0 Å². The van der Waals surface area contributed by atoms with Gasteiger partial charge in [-0.3, -0.25) is 0 Å². The molecular formula is C16H24Cl2Hf. The SMILES string of the molecule is CC(C)C1=[C]([Hf][C]2=C(C(C)C)C=CC2)CC=C1.Cl.Cl. The van der Waals surface area contributed by atoms with Crippen molar-refractivity contribution in [2.24, 2.45) is 11.8 Å². The maximum atomic E-state index is 2.38. The van der Waals surface area contributed by atoms with Crippen LogP contribution in [-0.4, -0.2) is 0 Å². The van der Waals surface area contributed by atoms with E-state index >= 15 is 0 Å². The minimum Gasteiger partial charge on any atom is -0.147 e. The van der Waals surface area contributed by atoms with Gasteiger partial charge < -0.3 is 0 Å². The van der Waals surface area contributed by atoms with Crippen LogP contribution in [0.15, 0.2) is 42.1 Å². The molecule has 0 spiro atoms. The fourth-order valence-corrected chi connectivity index (χ4v) is 9.15. The minimum absolute atomic E-state index is 0. The molecule has 2 aliphatic rings. The van der Waals surface area contributed by atoms with Gasteiger partial charge in [-0.25, -0.2) is 0 Å². The normalized spacial score (nSPS) is 17.4. The largest absolute Gasteiger partial charge is 0.147 e. The molecule has 0 saturated heterocycles. The van der Waals surface area contributed by atoms with E-state index < -0.39 is 22.9 Å². The first-order valence-corrected chi connectivity index (χ1v) is 10.2. The third-order valence-corrected chi connectivity index (χ3v) is 9.19. The zero-order valence-electron chi connectivity index (χ0n) is 12.2. The van der Waals surface area contributed by atoms with Crippen LogP contribution in [0.5, 0.6) is 0 Å². The van der Waals surface area contributed by atoms with E-state index in [1.165, 1.54) is 12.8 Å². The standard InChI is InChI=1S/2C8H11.2ClH.Hf/c2*1-7(2)8-5-3-4-6-8;;;/h2*3,5,7H,4H2,1-2H3;2*1H;. The maximum Gasteiger partial charge on any atom is -0.147 e. The van der Waals surface area contributed by atoms with Crippen molar-refractivity contribution in [2.75, 3.05) is 0 Å². The van der Waals surface area contributed by atoms with Gasteiger partial charge in [-0.2, -0.15) is 0 Å². The molecule has 0 heterocycles. The zero-order valence-corrected chi connectivity index (χ0v) is 17.4. The van der Waals surface area contributed by atoms with Crippen molar-refractivity contribution in [1.82, 2.24) is 0 Å². The van der Waals surface area contributed by atoms with Gasteiger partial charge in [0.15, 0.2) is 0 Å². The molecule has 0 unspecified atom stereocenters. The molecule has 0 aromatic heterocycles. The molecule has 3 heteroatoms. The Morgan fingerprint density at radius 3 is 1.47 bits per heavy atom. The maximum absolute atomic E-state index is 2.38. The van der Waals surface area contributed by atoms with Crippen molar-refractivity contribution in [3.05, 3.63) is 42.1 Å². The van der Waals surface area contributed by atoms with E-state index in [0.29, 0.717) is 11.8 Å². The van der Waals surface area contributed by atoms with Crippen molar-refractivity contribution < 1.29 is 22.9 Å². The molecule has 0 N–H and O–H groups in total. The van der Waals surface area contributed by atoms with Crippen molar-refractivity contribution in [1.29, 1.82) is 0 Å². The van der Waals surface area contributed by atoms with E-state index in [1.807, 2.05) is 6.66 Å². The molecule has 0 saturated carbocycles. The van der Waals surface area contributed by atoms with E-state index in [4.69, 9.17) is 0 Å². The predicted octanol–water partition coefficient (Wildman–Crippen LogP) is 5.65. The summed E-state index contributed by atoms with van der Waals surface area (Å²) in [4.78, 5) is 0.